The van der Waals surface area contributed by atoms with Crippen molar-refractivity contribution in [2.24, 2.45) is 5.92 Å². The normalized spacial score (nSPS) is 17.6. The minimum Gasteiger partial charge on any atom is -0.406 e. The minimum atomic E-state index is -4.80. The SMILES string of the molecule is O=C(Nc1ccc(OC(F)(F)F)cc1)[C@H]1CCCN(S(=O)(=O)c2cccc3cccnc23)C1. The highest BCUT2D eigenvalue weighted by Gasteiger charge is 2.34. The van der Waals surface area contributed by atoms with E-state index in [-0.39, 0.29) is 23.7 Å². The van der Waals surface area contributed by atoms with Crippen LogP contribution in [0.4, 0.5) is 18.9 Å². The quantitative estimate of drug-likeness (QED) is 0.593. The van der Waals surface area contributed by atoms with E-state index in [0.717, 1.165) is 12.1 Å². The monoisotopic (exact) mass is 479 g/mol. The number of pyridine rings is 1. The third-order valence-electron chi connectivity index (χ3n) is 5.32. The summed E-state index contributed by atoms with van der Waals surface area (Å²) in [6.07, 6.45) is -2.30. The van der Waals surface area contributed by atoms with Gasteiger partial charge in [0.1, 0.15) is 10.6 Å². The summed E-state index contributed by atoms with van der Waals surface area (Å²) in [5.74, 6) is -1.42. The highest BCUT2D eigenvalue weighted by atomic mass is 32.2. The number of alkyl halides is 3. The van der Waals surface area contributed by atoms with Gasteiger partial charge in [0.2, 0.25) is 15.9 Å². The second kappa shape index (κ2) is 8.99. The average Bonchev–Trinajstić information content (AvgIpc) is 2.79. The first kappa shape index (κ1) is 23.0. The number of nitrogens with zero attached hydrogens (tertiary/aromatic N) is 2. The van der Waals surface area contributed by atoms with Crippen LogP contribution in [0.25, 0.3) is 10.9 Å². The average molecular weight is 479 g/mol. The number of piperidine rings is 1. The van der Waals surface area contributed by atoms with Gasteiger partial charge in [-0.25, -0.2) is 8.42 Å². The molecular formula is C22H20F3N3O4S. The van der Waals surface area contributed by atoms with E-state index in [9.17, 15) is 26.4 Å². The van der Waals surface area contributed by atoms with Gasteiger partial charge in [-0.15, -0.1) is 13.2 Å². The molecule has 1 amide bonds. The highest BCUT2D eigenvalue weighted by molar-refractivity contribution is 7.89. The predicted molar refractivity (Wildman–Crippen MR) is 115 cm³/mol. The molecule has 1 aliphatic heterocycles. The van der Waals surface area contributed by atoms with Crippen LogP contribution in [0.1, 0.15) is 12.8 Å². The molecule has 3 aromatic rings. The third kappa shape index (κ3) is 5.25. The van der Waals surface area contributed by atoms with Gasteiger partial charge in [-0.2, -0.15) is 4.31 Å². The smallest absolute Gasteiger partial charge is 0.406 e. The molecule has 33 heavy (non-hydrogen) atoms. The lowest BCUT2D eigenvalue weighted by Gasteiger charge is -2.31. The Kier molecular flexibility index (Phi) is 6.26. The molecule has 0 unspecified atom stereocenters. The fourth-order valence-corrected chi connectivity index (χ4v) is 5.47. The van der Waals surface area contributed by atoms with E-state index in [2.05, 4.69) is 15.0 Å². The summed E-state index contributed by atoms with van der Waals surface area (Å²) in [7, 11) is -3.88. The number of amides is 1. The zero-order valence-electron chi connectivity index (χ0n) is 17.2. The maximum Gasteiger partial charge on any atom is 0.573 e. The molecule has 1 aromatic heterocycles. The molecule has 7 nitrogen and oxygen atoms in total. The summed E-state index contributed by atoms with van der Waals surface area (Å²) in [5.41, 5.74) is 0.653. The summed E-state index contributed by atoms with van der Waals surface area (Å²) >= 11 is 0. The molecule has 1 N–H and O–H groups in total. The Balaban J connectivity index is 1.47. The van der Waals surface area contributed by atoms with Crippen LogP contribution in [0, 0.1) is 5.92 Å². The van der Waals surface area contributed by atoms with Crippen molar-refractivity contribution in [2.75, 3.05) is 18.4 Å². The maximum absolute atomic E-state index is 13.3. The molecule has 2 heterocycles. The fourth-order valence-electron chi connectivity index (χ4n) is 3.78. The van der Waals surface area contributed by atoms with Gasteiger partial charge in [-0.05, 0) is 49.2 Å². The number of nitrogens with one attached hydrogen (secondary N) is 1. The summed E-state index contributed by atoms with van der Waals surface area (Å²) in [4.78, 5) is 17.0. The van der Waals surface area contributed by atoms with E-state index in [0.29, 0.717) is 23.7 Å². The molecule has 0 radical (unpaired) electrons. The zero-order valence-corrected chi connectivity index (χ0v) is 18.1. The Bertz CT molecular complexity index is 1260. The van der Waals surface area contributed by atoms with E-state index in [4.69, 9.17) is 0 Å². The second-order valence-corrected chi connectivity index (χ2v) is 9.50. The van der Waals surface area contributed by atoms with Crippen molar-refractivity contribution in [2.45, 2.75) is 24.1 Å². The molecular weight excluding hydrogens is 459 g/mol. The number of hydrogen-bond donors (Lipinski definition) is 1. The predicted octanol–water partition coefficient (Wildman–Crippen LogP) is 4.17. The Labute approximate surface area is 188 Å². The van der Waals surface area contributed by atoms with Gasteiger partial charge in [0, 0.05) is 30.4 Å². The molecule has 0 saturated carbocycles. The summed E-state index contributed by atoms with van der Waals surface area (Å²) < 4.78 is 68.6. The lowest BCUT2D eigenvalue weighted by atomic mass is 9.99. The number of fused-ring (bicyclic) bond motifs is 1. The standard InChI is InChI=1S/C22H20F3N3O4S/c23-22(24,25)32-18-10-8-17(9-11-18)27-21(29)16-6-3-13-28(14-16)33(30,31)19-7-1-4-15-5-2-12-26-20(15)19/h1-2,4-5,7-12,16H,3,6,13-14H2,(H,27,29)/t16-/m0/s1. The van der Waals surface area contributed by atoms with E-state index in [1.165, 1.54) is 28.7 Å². The Hall–Kier alpha value is -3.18. The number of ether oxygens (including phenoxy) is 1. The van der Waals surface area contributed by atoms with Gasteiger partial charge in [-0.3, -0.25) is 9.78 Å². The lowest BCUT2D eigenvalue weighted by molar-refractivity contribution is -0.274. The molecule has 0 aliphatic carbocycles. The van der Waals surface area contributed by atoms with E-state index in [1.54, 1.807) is 24.3 Å². The molecule has 11 heteroatoms. The lowest BCUT2D eigenvalue weighted by Crippen LogP contribution is -2.43. The largest absolute Gasteiger partial charge is 0.573 e. The fraction of sp³-hybridized carbons (Fsp3) is 0.273. The highest BCUT2D eigenvalue weighted by Crippen LogP contribution is 2.29. The molecule has 1 aliphatic rings. The molecule has 4 rings (SSSR count). The van der Waals surface area contributed by atoms with Crippen LogP contribution in [-0.2, 0) is 14.8 Å². The van der Waals surface area contributed by atoms with Crippen LogP contribution >= 0.6 is 0 Å². The first-order valence-corrected chi connectivity index (χ1v) is 11.6. The number of sulfonamides is 1. The number of anilines is 1. The second-order valence-electron chi connectivity index (χ2n) is 7.59. The van der Waals surface area contributed by atoms with Crippen molar-refractivity contribution >= 4 is 32.5 Å². The van der Waals surface area contributed by atoms with Crippen molar-refractivity contribution in [3.63, 3.8) is 0 Å². The first-order valence-electron chi connectivity index (χ1n) is 10.1. The van der Waals surface area contributed by atoms with Crippen LogP contribution in [0.5, 0.6) is 5.75 Å². The van der Waals surface area contributed by atoms with Crippen molar-refractivity contribution in [3.05, 3.63) is 60.8 Å². The van der Waals surface area contributed by atoms with Gasteiger partial charge < -0.3 is 10.1 Å². The number of rotatable bonds is 5. The summed E-state index contributed by atoms with van der Waals surface area (Å²) in [6, 6.07) is 13.2. The Morgan fingerprint density at radius 1 is 1.09 bits per heavy atom. The first-order chi connectivity index (χ1) is 15.6. The van der Waals surface area contributed by atoms with Crippen LogP contribution in [0.3, 0.4) is 0 Å². The van der Waals surface area contributed by atoms with E-state index in [1.807, 2.05) is 0 Å². The third-order valence-corrected chi connectivity index (χ3v) is 7.22. The molecule has 1 atom stereocenters. The Morgan fingerprint density at radius 2 is 1.82 bits per heavy atom. The van der Waals surface area contributed by atoms with Crippen LogP contribution in [0.15, 0.2) is 65.7 Å². The molecule has 1 saturated heterocycles. The van der Waals surface area contributed by atoms with Gasteiger partial charge in [0.05, 0.1) is 11.4 Å². The minimum absolute atomic E-state index is 0.00729. The molecule has 0 bridgehead atoms. The van der Waals surface area contributed by atoms with Gasteiger partial charge in [0.15, 0.2) is 0 Å². The Morgan fingerprint density at radius 3 is 2.55 bits per heavy atom. The van der Waals surface area contributed by atoms with Crippen molar-refractivity contribution in [3.8, 4) is 5.75 Å². The number of hydrogen-bond acceptors (Lipinski definition) is 5. The number of halogens is 3. The number of benzene rings is 2. The van der Waals surface area contributed by atoms with E-state index >= 15 is 0 Å². The molecule has 2 aromatic carbocycles. The molecule has 174 valence electrons. The summed E-state index contributed by atoms with van der Waals surface area (Å²) in [5, 5.41) is 3.33. The van der Waals surface area contributed by atoms with Gasteiger partial charge in [-0.1, -0.05) is 18.2 Å². The number of aromatic nitrogens is 1. The number of carbonyl (C=O) groups excluding carboxylic acids is 1. The maximum atomic E-state index is 13.3. The van der Waals surface area contributed by atoms with Crippen LogP contribution in [0.2, 0.25) is 0 Å². The number of para-hydroxylation sites is 1. The van der Waals surface area contributed by atoms with Crippen LogP contribution < -0.4 is 10.1 Å². The molecule has 1 fully saturated rings. The zero-order chi connectivity index (χ0) is 23.6. The molecule has 0 spiro atoms. The van der Waals surface area contributed by atoms with E-state index < -0.39 is 34.0 Å². The van der Waals surface area contributed by atoms with Crippen LogP contribution in [-0.4, -0.2) is 43.1 Å². The van der Waals surface area contributed by atoms with Gasteiger partial charge >= 0.3 is 6.36 Å². The van der Waals surface area contributed by atoms with Crippen molar-refractivity contribution < 1.29 is 31.1 Å². The van der Waals surface area contributed by atoms with Crippen molar-refractivity contribution in [1.29, 1.82) is 0 Å². The number of carbonyl (C=O) groups is 1. The topological polar surface area (TPSA) is 88.6 Å². The van der Waals surface area contributed by atoms with Crippen molar-refractivity contribution in [1.82, 2.24) is 9.29 Å². The van der Waals surface area contributed by atoms with Gasteiger partial charge in [0.25, 0.3) is 0 Å². The summed E-state index contributed by atoms with van der Waals surface area (Å²) in [6.45, 7) is 0.269.